The van der Waals surface area contributed by atoms with Gasteiger partial charge in [0.05, 0.1) is 5.69 Å². The van der Waals surface area contributed by atoms with Crippen molar-refractivity contribution in [2.45, 2.75) is 19.3 Å². The summed E-state index contributed by atoms with van der Waals surface area (Å²) in [5, 5.41) is 4.98. The molecular weight excluding hydrogens is 366 g/mol. The van der Waals surface area contributed by atoms with Gasteiger partial charge in [-0.1, -0.05) is 6.07 Å². The van der Waals surface area contributed by atoms with E-state index in [2.05, 4.69) is 32.7 Å². The molecule has 0 saturated carbocycles. The van der Waals surface area contributed by atoms with Gasteiger partial charge in [0.2, 0.25) is 5.91 Å². The van der Waals surface area contributed by atoms with Gasteiger partial charge in [-0.2, -0.15) is 0 Å². The second kappa shape index (κ2) is 7.15. The van der Waals surface area contributed by atoms with Gasteiger partial charge >= 0.3 is 0 Å². The molecule has 22 heavy (non-hydrogen) atoms. The van der Waals surface area contributed by atoms with Crippen LogP contribution >= 0.6 is 27.3 Å². The van der Waals surface area contributed by atoms with E-state index >= 15 is 0 Å². The highest BCUT2D eigenvalue weighted by atomic mass is 79.9. The molecule has 1 aromatic carbocycles. The minimum atomic E-state index is 0.00827. The summed E-state index contributed by atoms with van der Waals surface area (Å²) >= 11 is 5.18. The van der Waals surface area contributed by atoms with Crippen LogP contribution in [0, 0.1) is 0 Å². The van der Waals surface area contributed by atoms with Crippen LogP contribution in [0.3, 0.4) is 0 Å². The SMILES string of the molecule is O=C(CCCc1cccs1)Nc1cc2c(cc1Br)OCCO2. The number of carbonyl (C=O) groups is 1. The van der Waals surface area contributed by atoms with Crippen LogP contribution in [0.2, 0.25) is 0 Å². The van der Waals surface area contributed by atoms with E-state index < -0.39 is 0 Å². The molecule has 4 nitrogen and oxygen atoms in total. The fourth-order valence-corrected chi connectivity index (χ4v) is 3.42. The molecule has 0 unspecified atom stereocenters. The zero-order valence-corrected chi connectivity index (χ0v) is 14.3. The lowest BCUT2D eigenvalue weighted by Gasteiger charge is -2.20. The monoisotopic (exact) mass is 381 g/mol. The fourth-order valence-electron chi connectivity index (χ4n) is 2.25. The van der Waals surface area contributed by atoms with Crippen molar-refractivity contribution in [2.24, 2.45) is 0 Å². The Balaban J connectivity index is 1.56. The topological polar surface area (TPSA) is 47.6 Å². The average Bonchev–Trinajstić information content (AvgIpc) is 3.01. The van der Waals surface area contributed by atoms with E-state index in [9.17, 15) is 4.79 Å². The third-order valence-electron chi connectivity index (χ3n) is 3.31. The van der Waals surface area contributed by atoms with Crippen LogP contribution in [0.5, 0.6) is 11.5 Å². The number of thiophene rings is 1. The molecule has 1 amide bonds. The van der Waals surface area contributed by atoms with Crippen LogP contribution < -0.4 is 14.8 Å². The molecule has 1 aliphatic rings. The van der Waals surface area contributed by atoms with Crippen molar-refractivity contribution < 1.29 is 14.3 Å². The third-order valence-corrected chi connectivity index (χ3v) is 4.91. The van der Waals surface area contributed by atoms with Crippen molar-refractivity contribution in [3.05, 3.63) is 39.0 Å². The molecule has 0 radical (unpaired) electrons. The Morgan fingerprint density at radius 3 is 2.77 bits per heavy atom. The lowest BCUT2D eigenvalue weighted by molar-refractivity contribution is -0.116. The highest BCUT2D eigenvalue weighted by Crippen LogP contribution is 2.38. The summed E-state index contributed by atoms with van der Waals surface area (Å²) in [5.74, 6) is 1.38. The van der Waals surface area contributed by atoms with E-state index in [1.165, 1.54) is 4.88 Å². The van der Waals surface area contributed by atoms with E-state index in [1.807, 2.05) is 12.1 Å². The maximum Gasteiger partial charge on any atom is 0.224 e. The minimum absolute atomic E-state index is 0.00827. The smallest absolute Gasteiger partial charge is 0.224 e. The molecule has 0 saturated heterocycles. The summed E-state index contributed by atoms with van der Waals surface area (Å²) in [4.78, 5) is 13.4. The Labute approximate surface area is 141 Å². The van der Waals surface area contributed by atoms with E-state index in [0.29, 0.717) is 36.8 Å². The van der Waals surface area contributed by atoms with Gasteiger partial charge in [0.15, 0.2) is 11.5 Å². The van der Waals surface area contributed by atoms with E-state index in [-0.39, 0.29) is 5.91 Å². The van der Waals surface area contributed by atoms with Crippen molar-refractivity contribution in [1.29, 1.82) is 0 Å². The highest BCUT2D eigenvalue weighted by Gasteiger charge is 2.16. The number of rotatable bonds is 5. The van der Waals surface area contributed by atoms with Gasteiger partial charge in [0, 0.05) is 27.9 Å². The molecule has 0 atom stereocenters. The molecule has 116 valence electrons. The maximum atomic E-state index is 12.1. The van der Waals surface area contributed by atoms with Crippen LogP contribution in [0.1, 0.15) is 17.7 Å². The molecule has 0 fully saturated rings. The van der Waals surface area contributed by atoms with Gasteiger partial charge in [0.1, 0.15) is 13.2 Å². The molecule has 1 aromatic heterocycles. The first-order valence-electron chi connectivity index (χ1n) is 7.14. The number of anilines is 1. The molecule has 0 spiro atoms. The normalized spacial score (nSPS) is 13.0. The molecule has 6 heteroatoms. The average molecular weight is 382 g/mol. The quantitative estimate of drug-likeness (QED) is 0.842. The molecule has 2 aromatic rings. The summed E-state index contributed by atoms with van der Waals surface area (Å²) in [5.41, 5.74) is 0.713. The zero-order valence-electron chi connectivity index (χ0n) is 11.9. The summed E-state index contributed by atoms with van der Waals surface area (Å²) in [6, 6.07) is 7.76. The first-order valence-corrected chi connectivity index (χ1v) is 8.81. The van der Waals surface area contributed by atoms with Crippen LogP contribution in [0.4, 0.5) is 5.69 Å². The van der Waals surface area contributed by atoms with Crippen LogP contribution in [-0.2, 0) is 11.2 Å². The highest BCUT2D eigenvalue weighted by molar-refractivity contribution is 9.10. The predicted molar refractivity (Wildman–Crippen MR) is 91.0 cm³/mol. The number of hydrogen-bond acceptors (Lipinski definition) is 4. The van der Waals surface area contributed by atoms with Crippen molar-refractivity contribution in [2.75, 3.05) is 18.5 Å². The van der Waals surface area contributed by atoms with Gasteiger partial charge in [-0.25, -0.2) is 0 Å². The Hall–Kier alpha value is -1.53. The number of hydrogen-bond donors (Lipinski definition) is 1. The molecular formula is C16H16BrNO3S. The number of fused-ring (bicyclic) bond motifs is 1. The summed E-state index contributed by atoms with van der Waals surface area (Å²) < 4.78 is 11.8. The zero-order chi connectivity index (χ0) is 15.4. The largest absolute Gasteiger partial charge is 0.486 e. The number of ether oxygens (including phenoxy) is 2. The Bertz CT molecular complexity index is 658. The van der Waals surface area contributed by atoms with Gasteiger partial charge < -0.3 is 14.8 Å². The summed E-state index contributed by atoms with van der Waals surface area (Å²) in [6.45, 7) is 1.08. The van der Waals surface area contributed by atoms with Crippen LogP contribution in [0.25, 0.3) is 0 Å². The number of benzene rings is 1. The van der Waals surface area contributed by atoms with Crippen molar-refractivity contribution in [1.82, 2.24) is 0 Å². The van der Waals surface area contributed by atoms with Crippen LogP contribution in [0.15, 0.2) is 34.1 Å². The predicted octanol–water partition coefficient (Wildman–Crippen LogP) is 4.24. The number of halogens is 1. The minimum Gasteiger partial charge on any atom is -0.486 e. The molecule has 1 N–H and O–H groups in total. The first-order chi connectivity index (χ1) is 10.7. The first kappa shape index (κ1) is 15.4. The number of aryl methyl sites for hydroxylation is 1. The van der Waals surface area contributed by atoms with Crippen molar-refractivity contribution in [3.63, 3.8) is 0 Å². The number of amides is 1. The lowest BCUT2D eigenvalue weighted by atomic mass is 10.2. The van der Waals surface area contributed by atoms with Crippen LogP contribution in [-0.4, -0.2) is 19.1 Å². The third kappa shape index (κ3) is 3.81. The van der Waals surface area contributed by atoms with E-state index in [4.69, 9.17) is 9.47 Å². The molecule has 2 heterocycles. The van der Waals surface area contributed by atoms with Crippen molar-refractivity contribution in [3.8, 4) is 11.5 Å². The molecule has 1 aliphatic heterocycles. The standard InChI is InChI=1S/C16H16BrNO3S/c17-12-9-14-15(21-7-6-20-14)10-13(12)18-16(19)5-1-3-11-4-2-8-22-11/h2,4,8-10H,1,3,5-7H2,(H,18,19). The summed E-state index contributed by atoms with van der Waals surface area (Å²) in [7, 11) is 0. The Morgan fingerprint density at radius 2 is 2.05 bits per heavy atom. The Morgan fingerprint density at radius 1 is 1.27 bits per heavy atom. The molecule has 0 bridgehead atoms. The van der Waals surface area contributed by atoms with Gasteiger partial charge in [-0.15, -0.1) is 11.3 Å². The van der Waals surface area contributed by atoms with Gasteiger partial charge in [-0.05, 0) is 40.2 Å². The molecule has 3 rings (SSSR count). The second-order valence-electron chi connectivity index (χ2n) is 4.96. The fraction of sp³-hybridized carbons (Fsp3) is 0.312. The maximum absolute atomic E-state index is 12.1. The molecule has 0 aliphatic carbocycles. The second-order valence-corrected chi connectivity index (χ2v) is 6.84. The lowest BCUT2D eigenvalue weighted by Crippen LogP contribution is -2.16. The Kier molecular flexibility index (Phi) is 5.00. The van der Waals surface area contributed by atoms with E-state index in [0.717, 1.165) is 17.3 Å². The van der Waals surface area contributed by atoms with E-state index in [1.54, 1.807) is 17.4 Å². The summed E-state index contributed by atoms with van der Waals surface area (Å²) in [6.07, 6.45) is 2.28. The van der Waals surface area contributed by atoms with Gasteiger partial charge in [0.25, 0.3) is 0 Å². The van der Waals surface area contributed by atoms with Crippen molar-refractivity contribution >= 4 is 38.9 Å². The number of nitrogens with one attached hydrogen (secondary N) is 1. The van der Waals surface area contributed by atoms with Gasteiger partial charge in [-0.3, -0.25) is 4.79 Å². The number of carbonyl (C=O) groups excluding carboxylic acids is 1.